The zero-order valence-electron chi connectivity index (χ0n) is 40.4. The molecule has 0 aliphatic carbocycles. The number of hydrogen-bond acceptors (Lipinski definition) is 2. The number of halogens is 1. The van der Waals surface area contributed by atoms with Crippen LogP contribution in [0, 0.1) is 0 Å². The van der Waals surface area contributed by atoms with Crippen LogP contribution in [0.1, 0.15) is 267 Å². The van der Waals surface area contributed by atoms with Gasteiger partial charge < -0.3 is 8.85 Å². The van der Waals surface area contributed by atoms with Crippen LogP contribution in [0.4, 0.5) is 0 Å². The number of alkyl halides is 1. The van der Waals surface area contributed by atoms with Crippen molar-refractivity contribution >= 4 is 32.6 Å². The molecule has 0 aliphatic heterocycles. The minimum Gasteiger partial charge on any atom is -0.417 e. The minimum atomic E-state index is -1.53. The summed E-state index contributed by atoms with van der Waals surface area (Å²) in [5.41, 5.74) is 0. The molecule has 0 spiro atoms. The van der Waals surface area contributed by atoms with Gasteiger partial charge in [0.05, 0.1) is 0 Å². The molecule has 0 heterocycles. The highest BCUT2D eigenvalue weighted by Crippen LogP contribution is 2.37. The van der Waals surface area contributed by atoms with Crippen molar-refractivity contribution in [2.45, 2.75) is 303 Å². The Bertz CT molecular complexity index is 758. The highest BCUT2D eigenvalue weighted by Gasteiger charge is 2.37. The standard InChI is InChI=1S/C34H72OSi.C16H35BrOSi/c1-7-8-9-10-11-12-13-14-15-16-17-18-19-20-21-22-23-24-25-26-27-28-29-30-31-32-33-35-36(5,6)34(2,3)4;1-16(2,3)19(4,5)18-15-13-11-9-7-6-8-10-12-14-17/h7-33H2,1-6H3;6-15H2,1-5H3. The Balaban J connectivity index is 0. The minimum absolute atomic E-state index is 0.346. The normalized spacial score (nSPS) is 12.7. The predicted molar refractivity (Wildman–Crippen MR) is 263 cm³/mol. The van der Waals surface area contributed by atoms with Crippen LogP contribution in [0.5, 0.6) is 0 Å². The van der Waals surface area contributed by atoms with Crippen molar-refractivity contribution in [3.8, 4) is 0 Å². The van der Waals surface area contributed by atoms with Crippen molar-refractivity contribution in [2.75, 3.05) is 18.5 Å². The average Bonchev–Trinajstić information content (AvgIpc) is 3.11. The van der Waals surface area contributed by atoms with Gasteiger partial charge >= 0.3 is 0 Å². The molecule has 334 valence electrons. The summed E-state index contributed by atoms with van der Waals surface area (Å²) in [6.45, 7) is 27.6. The average molecular weight is 876 g/mol. The summed E-state index contributed by atoms with van der Waals surface area (Å²) in [4.78, 5) is 0. The van der Waals surface area contributed by atoms with Gasteiger partial charge in [-0.05, 0) is 55.5 Å². The Hall–Kier alpha value is 0.834. The van der Waals surface area contributed by atoms with E-state index in [1.54, 1.807) is 0 Å². The first-order valence-corrected chi connectivity index (χ1v) is 31.9. The lowest BCUT2D eigenvalue weighted by atomic mass is 10.0. The Labute approximate surface area is 361 Å². The van der Waals surface area contributed by atoms with Crippen LogP contribution in [-0.4, -0.2) is 35.2 Å². The molecule has 0 unspecified atom stereocenters. The van der Waals surface area contributed by atoms with E-state index in [1.165, 1.54) is 218 Å². The first-order valence-electron chi connectivity index (χ1n) is 25.0. The zero-order valence-corrected chi connectivity index (χ0v) is 43.9. The molecule has 0 bridgehead atoms. The lowest BCUT2D eigenvalue weighted by molar-refractivity contribution is 0.277. The van der Waals surface area contributed by atoms with E-state index < -0.39 is 16.6 Å². The van der Waals surface area contributed by atoms with E-state index in [9.17, 15) is 0 Å². The quantitative estimate of drug-likeness (QED) is 0.0348. The number of hydrogen-bond donors (Lipinski definition) is 0. The second-order valence-electron chi connectivity index (χ2n) is 20.6. The highest BCUT2D eigenvalue weighted by atomic mass is 79.9. The molecule has 0 saturated heterocycles. The molecular weight excluding hydrogens is 769 g/mol. The van der Waals surface area contributed by atoms with Crippen molar-refractivity contribution in [1.29, 1.82) is 0 Å². The Morgan fingerprint density at radius 2 is 0.491 bits per heavy atom. The van der Waals surface area contributed by atoms with Gasteiger partial charge in [0.1, 0.15) is 0 Å². The summed E-state index contributed by atoms with van der Waals surface area (Å²) in [5.74, 6) is 0. The van der Waals surface area contributed by atoms with Gasteiger partial charge in [0.2, 0.25) is 0 Å². The van der Waals surface area contributed by atoms with E-state index in [4.69, 9.17) is 8.85 Å². The van der Waals surface area contributed by atoms with Gasteiger partial charge in [-0.2, -0.15) is 0 Å². The first kappa shape index (κ1) is 57.9. The van der Waals surface area contributed by atoms with Crippen LogP contribution < -0.4 is 0 Å². The van der Waals surface area contributed by atoms with Gasteiger partial charge in [-0.3, -0.25) is 0 Å². The maximum Gasteiger partial charge on any atom is 0.191 e. The fourth-order valence-corrected chi connectivity index (χ4v) is 9.33. The van der Waals surface area contributed by atoms with Crippen LogP contribution in [-0.2, 0) is 8.85 Å². The monoisotopic (exact) mass is 875 g/mol. The highest BCUT2D eigenvalue weighted by molar-refractivity contribution is 9.09. The Morgan fingerprint density at radius 1 is 0.309 bits per heavy atom. The van der Waals surface area contributed by atoms with Gasteiger partial charge in [-0.1, -0.05) is 263 Å². The summed E-state index contributed by atoms with van der Waals surface area (Å²) in [6, 6.07) is 0. The molecule has 0 radical (unpaired) electrons. The molecule has 0 saturated carbocycles. The van der Waals surface area contributed by atoms with Crippen molar-refractivity contribution in [3.63, 3.8) is 0 Å². The van der Waals surface area contributed by atoms with Crippen LogP contribution in [0.25, 0.3) is 0 Å². The van der Waals surface area contributed by atoms with E-state index in [0.29, 0.717) is 10.1 Å². The summed E-state index contributed by atoms with van der Waals surface area (Å²) in [6.07, 6.45) is 48.7. The van der Waals surface area contributed by atoms with Crippen LogP contribution in [0.15, 0.2) is 0 Å². The molecular formula is C50H107BrO2Si2. The number of unbranched alkanes of at least 4 members (excludes halogenated alkanes) is 32. The van der Waals surface area contributed by atoms with E-state index in [-0.39, 0.29) is 0 Å². The molecule has 0 aromatic carbocycles. The van der Waals surface area contributed by atoms with Gasteiger partial charge in [0, 0.05) is 18.5 Å². The first-order chi connectivity index (χ1) is 26.1. The fraction of sp³-hybridized carbons (Fsp3) is 1.00. The zero-order chi connectivity index (χ0) is 41.6. The summed E-state index contributed by atoms with van der Waals surface area (Å²) < 4.78 is 12.5. The van der Waals surface area contributed by atoms with Gasteiger partial charge in [-0.25, -0.2) is 0 Å². The van der Waals surface area contributed by atoms with Crippen molar-refractivity contribution in [2.24, 2.45) is 0 Å². The van der Waals surface area contributed by atoms with Crippen molar-refractivity contribution < 1.29 is 8.85 Å². The third kappa shape index (κ3) is 40.0. The molecule has 0 fully saturated rings. The molecule has 0 aromatic rings. The van der Waals surface area contributed by atoms with Gasteiger partial charge in [0.25, 0.3) is 0 Å². The lowest BCUT2D eigenvalue weighted by Crippen LogP contribution is -2.40. The smallest absolute Gasteiger partial charge is 0.191 e. The number of rotatable bonds is 39. The Kier molecular flexibility index (Phi) is 41.1. The molecule has 0 aliphatic rings. The second kappa shape index (κ2) is 39.0. The Morgan fingerprint density at radius 3 is 0.673 bits per heavy atom. The molecule has 0 atom stereocenters. The van der Waals surface area contributed by atoms with Gasteiger partial charge in [0.15, 0.2) is 16.6 Å². The molecule has 0 N–H and O–H groups in total. The van der Waals surface area contributed by atoms with Crippen LogP contribution in [0.2, 0.25) is 36.3 Å². The third-order valence-corrected chi connectivity index (χ3v) is 22.7. The summed E-state index contributed by atoms with van der Waals surface area (Å²) in [7, 11) is -3.03. The molecule has 0 rings (SSSR count). The van der Waals surface area contributed by atoms with Crippen molar-refractivity contribution in [3.05, 3.63) is 0 Å². The van der Waals surface area contributed by atoms with Gasteiger partial charge in [-0.15, -0.1) is 0 Å². The summed E-state index contributed by atoms with van der Waals surface area (Å²) >= 11 is 3.48. The largest absolute Gasteiger partial charge is 0.417 e. The molecule has 5 heteroatoms. The van der Waals surface area contributed by atoms with Crippen molar-refractivity contribution in [1.82, 2.24) is 0 Å². The van der Waals surface area contributed by atoms with Crippen LogP contribution >= 0.6 is 15.9 Å². The molecule has 0 amide bonds. The maximum atomic E-state index is 6.29. The second-order valence-corrected chi connectivity index (χ2v) is 31.0. The maximum absolute atomic E-state index is 6.29. The topological polar surface area (TPSA) is 18.5 Å². The molecule has 2 nitrogen and oxygen atoms in total. The summed E-state index contributed by atoms with van der Waals surface area (Å²) in [5, 5.41) is 1.86. The van der Waals surface area contributed by atoms with E-state index >= 15 is 0 Å². The SMILES string of the molecule is CC(C)(C)[Si](C)(C)OCCCCCCCCCCBr.CCCCCCCCCCCCCCCCCCCCCCCCCCCCO[Si](C)(C)C(C)(C)C. The fourth-order valence-electron chi connectivity index (χ4n) is 6.76. The van der Waals surface area contributed by atoms with E-state index in [0.717, 1.165) is 18.5 Å². The van der Waals surface area contributed by atoms with E-state index in [1.807, 2.05) is 0 Å². The lowest BCUT2D eigenvalue weighted by Gasteiger charge is -2.36. The van der Waals surface area contributed by atoms with Crippen LogP contribution in [0.3, 0.4) is 0 Å². The third-order valence-electron chi connectivity index (χ3n) is 13.1. The predicted octanol–water partition coefficient (Wildman–Crippen LogP) is 19.7. The molecule has 0 aromatic heterocycles. The van der Waals surface area contributed by atoms with E-state index in [2.05, 4.69) is 90.6 Å². The molecule has 55 heavy (non-hydrogen) atoms.